The molecule has 1 rings (SSSR count). The van der Waals surface area contributed by atoms with Gasteiger partial charge in [0.2, 0.25) is 5.91 Å². The Morgan fingerprint density at radius 1 is 1.47 bits per heavy atom. The predicted molar refractivity (Wildman–Crippen MR) is 62.6 cm³/mol. The van der Waals surface area contributed by atoms with Gasteiger partial charge in [-0.3, -0.25) is 4.79 Å². The van der Waals surface area contributed by atoms with Crippen LogP contribution < -0.4 is 11.1 Å². The van der Waals surface area contributed by atoms with E-state index < -0.39 is 11.9 Å². The minimum absolute atomic E-state index is 0.411. The number of para-hydroxylation sites is 1. The fourth-order valence-electron chi connectivity index (χ4n) is 1.33. The maximum Gasteiger partial charge on any atom is 0.244 e. The van der Waals surface area contributed by atoms with Crippen LogP contribution >= 0.6 is 0 Å². The van der Waals surface area contributed by atoms with Crippen LogP contribution in [-0.2, 0) is 4.79 Å². The molecule has 0 radical (unpaired) electrons. The van der Waals surface area contributed by atoms with Gasteiger partial charge in [-0.2, -0.15) is 0 Å². The number of carbonyl (C=O) groups is 1. The molecule has 3 nitrogen and oxygen atoms in total. The van der Waals surface area contributed by atoms with Gasteiger partial charge in [-0.05, 0) is 31.1 Å². The number of hydrogen-bond acceptors (Lipinski definition) is 2. The highest BCUT2D eigenvalue weighted by atomic mass is 16.1. The SMILES string of the molecule is C=C(C)C(Nc1ccccc1C)C(N)=O. The number of hydrogen-bond donors (Lipinski definition) is 2. The van der Waals surface area contributed by atoms with Crippen LogP contribution in [0.4, 0.5) is 5.69 Å². The quantitative estimate of drug-likeness (QED) is 0.735. The zero-order chi connectivity index (χ0) is 11.4. The van der Waals surface area contributed by atoms with E-state index in [1.54, 1.807) is 6.92 Å². The molecule has 0 aliphatic heterocycles. The summed E-state index contributed by atoms with van der Waals surface area (Å²) in [6.45, 7) is 7.49. The Balaban J connectivity index is 2.88. The Morgan fingerprint density at radius 3 is 2.53 bits per heavy atom. The average molecular weight is 204 g/mol. The fourth-order valence-corrected chi connectivity index (χ4v) is 1.33. The molecule has 1 amide bonds. The van der Waals surface area contributed by atoms with Gasteiger partial charge in [0.25, 0.3) is 0 Å². The van der Waals surface area contributed by atoms with Crippen LogP contribution in [0.3, 0.4) is 0 Å². The molecule has 3 heteroatoms. The number of carbonyl (C=O) groups excluding carboxylic acids is 1. The summed E-state index contributed by atoms with van der Waals surface area (Å²) in [5.41, 5.74) is 7.97. The van der Waals surface area contributed by atoms with Gasteiger partial charge in [-0.1, -0.05) is 24.8 Å². The smallest absolute Gasteiger partial charge is 0.244 e. The van der Waals surface area contributed by atoms with Crippen LogP contribution in [0.25, 0.3) is 0 Å². The molecule has 0 aliphatic carbocycles. The van der Waals surface area contributed by atoms with Crippen LogP contribution in [-0.4, -0.2) is 11.9 Å². The highest BCUT2D eigenvalue weighted by Gasteiger charge is 2.15. The topological polar surface area (TPSA) is 55.1 Å². The molecule has 0 fully saturated rings. The highest BCUT2D eigenvalue weighted by Crippen LogP contribution is 2.16. The highest BCUT2D eigenvalue weighted by molar-refractivity contribution is 5.86. The van der Waals surface area contributed by atoms with Crippen molar-refractivity contribution in [1.82, 2.24) is 0 Å². The van der Waals surface area contributed by atoms with Crippen molar-refractivity contribution < 1.29 is 4.79 Å². The van der Waals surface area contributed by atoms with Crippen molar-refractivity contribution in [2.75, 3.05) is 5.32 Å². The van der Waals surface area contributed by atoms with E-state index in [9.17, 15) is 4.79 Å². The van der Waals surface area contributed by atoms with Gasteiger partial charge >= 0.3 is 0 Å². The van der Waals surface area contributed by atoms with E-state index in [0.29, 0.717) is 5.57 Å². The maximum absolute atomic E-state index is 11.2. The predicted octanol–water partition coefficient (Wildman–Crippen LogP) is 1.84. The number of benzene rings is 1. The second kappa shape index (κ2) is 4.64. The molecular weight excluding hydrogens is 188 g/mol. The lowest BCUT2D eigenvalue weighted by atomic mass is 10.1. The van der Waals surface area contributed by atoms with Gasteiger partial charge in [-0.15, -0.1) is 0 Å². The van der Waals surface area contributed by atoms with Crippen molar-refractivity contribution in [3.63, 3.8) is 0 Å². The van der Waals surface area contributed by atoms with Crippen LogP contribution in [0.5, 0.6) is 0 Å². The van der Waals surface area contributed by atoms with Crippen LogP contribution in [0.15, 0.2) is 36.4 Å². The number of aryl methyl sites for hydroxylation is 1. The van der Waals surface area contributed by atoms with Gasteiger partial charge in [0.1, 0.15) is 6.04 Å². The molecule has 0 spiro atoms. The van der Waals surface area contributed by atoms with Crippen LogP contribution in [0.1, 0.15) is 12.5 Å². The van der Waals surface area contributed by atoms with Crippen molar-refractivity contribution in [3.8, 4) is 0 Å². The van der Waals surface area contributed by atoms with E-state index in [1.807, 2.05) is 31.2 Å². The summed E-state index contributed by atoms with van der Waals surface area (Å²) >= 11 is 0. The molecule has 80 valence electrons. The Hall–Kier alpha value is -1.77. The van der Waals surface area contributed by atoms with Gasteiger partial charge in [0.15, 0.2) is 0 Å². The third-order valence-corrected chi connectivity index (χ3v) is 2.22. The second-order valence-corrected chi connectivity index (χ2v) is 3.64. The first-order valence-corrected chi connectivity index (χ1v) is 4.79. The minimum Gasteiger partial charge on any atom is -0.370 e. The molecule has 0 aromatic heterocycles. The number of nitrogens with two attached hydrogens (primary N) is 1. The summed E-state index contributed by atoms with van der Waals surface area (Å²) in [4.78, 5) is 11.2. The lowest BCUT2D eigenvalue weighted by molar-refractivity contribution is -0.118. The monoisotopic (exact) mass is 204 g/mol. The third-order valence-electron chi connectivity index (χ3n) is 2.22. The first-order chi connectivity index (χ1) is 7.02. The third kappa shape index (κ3) is 2.84. The summed E-state index contributed by atoms with van der Waals surface area (Å²) in [6.07, 6.45) is 0. The van der Waals surface area contributed by atoms with Crippen molar-refractivity contribution in [1.29, 1.82) is 0 Å². The summed E-state index contributed by atoms with van der Waals surface area (Å²) in [5.74, 6) is -0.411. The summed E-state index contributed by atoms with van der Waals surface area (Å²) < 4.78 is 0. The van der Waals surface area contributed by atoms with Gasteiger partial charge < -0.3 is 11.1 Å². The van der Waals surface area contributed by atoms with Crippen LogP contribution in [0, 0.1) is 6.92 Å². The van der Waals surface area contributed by atoms with E-state index in [2.05, 4.69) is 11.9 Å². The molecule has 1 aromatic carbocycles. The minimum atomic E-state index is -0.508. The first kappa shape index (κ1) is 11.3. The van der Waals surface area contributed by atoms with Gasteiger partial charge in [0.05, 0.1) is 0 Å². The van der Waals surface area contributed by atoms with Gasteiger partial charge in [-0.25, -0.2) is 0 Å². The van der Waals surface area contributed by atoms with Crippen molar-refractivity contribution >= 4 is 11.6 Å². The molecular formula is C12H16N2O. The molecule has 0 bridgehead atoms. The van der Waals surface area contributed by atoms with E-state index >= 15 is 0 Å². The summed E-state index contributed by atoms with van der Waals surface area (Å²) in [6, 6.07) is 7.23. The summed E-state index contributed by atoms with van der Waals surface area (Å²) in [5, 5.41) is 3.07. The van der Waals surface area contributed by atoms with E-state index in [4.69, 9.17) is 5.73 Å². The molecule has 3 N–H and O–H groups in total. The fraction of sp³-hybridized carbons (Fsp3) is 0.250. The van der Waals surface area contributed by atoms with Gasteiger partial charge in [0, 0.05) is 5.69 Å². The van der Waals surface area contributed by atoms with E-state index in [0.717, 1.165) is 11.3 Å². The molecule has 0 heterocycles. The average Bonchev–Trinajstić information content (AvgIpc) is 2.15. The number of anilines is 1. The largest absolute Gasteiger partial charge is 0.370 e. The second-order valence-electron chi connectivity index (χ2n) is 3.64. The normalized spacial score (nSPS) is 11.9. The Kier molecular flexibility index (Phi) is 3.50. The number of rotatable bonds is 4. The van der Waals surface area contributed by atoms with Crippen molar-refractivity contribution in [2.24, 2.45) is 5.73 Å². The number of nitrogens with one attached hydrogen (secondary N) is 1. The van der Waals surface area contributed by atoms with Crippen molar-refractivity contribution in [3.05, 3.63) is 42.0 Å². The standard InChI is InChI=1S/C12H16N2O/c1-8(2)11(12(13)15)14-10-7-5-4-6-9(10)3/h4-7,11,14H,1H2,2-3H3,(H2,13,15). The van der Waals surface area contributed by atoms with E-state index in [1.165, 1.54) is 0 Å². The van der Waals surface area contributed by atoms with Crippen molar-refractivity contribution in [2.45, 2.75) is 19.9 Å². The van der Waals surface area contributed by atoms with E-state index in [-0.39, 0.29) is 0 Å². The molecule has 1 aromatic rings. The molecule has 0 saturated carbocycles. The lowest BCUT2D eigenvalue weighted by Gasteiger charge is -2.18. The Morgan fingerprint density at radius 2 is 2.07 bits per heavy atom. The molecule has 0 aliphatic rings. The molecule has 15 heavy (non-hydrogen) atoms. The number of primary amides is 1. The Bertz CT molecular complexity index is 371. The zero-order valence-corrected chi connectivity index (χ0v) is 9.08. The maximum atomic E-state index is 11.2. The molecule has 1 unspecified atom stereocenters. The zero-order valence-electron chi connectivity index (χ0n) is 9.08. The number of amides is 1. The molecule has 1 atom stereocenters. The first-order valence-electron chi connectivity index (χ1n) is 4.79. The molecule has 0 saturated heterocycles. The van der Waals surface area contributed by atoms with Crippen LogP contribution in [0.2, 0.25) is 0 Å². The lowest BCUT2D eigenvalue weighted by Crippen LogP contribution is -2.36. The summed E-state index contributed by atoms with van der Waals surface area (Å²) in [7, 11) is 0. The Labute approximate surface area is 90.0 Å².